The van der Waals surface area contributed by atoms with E-state index in [9.17, 15) is 4.79 Å². The SMILES string of the molecule is CC1CC(N2CCN(Cc3nc(-c4ccc(Cl)cc4)no3)CC2)C(=O)O1. The second-order valence-electron chi connectivity index (χ2n) is 6.83. The van der Waals surface area contributed by atoms with Crippen LogP contribution < -0.4 is 0 Å². The Kier molecular flexibility index (Phi) is 4.93. The lowest BCUT2D eigenvalue weighted by atomic mass is 10.1. The molecule has 2 unspecified atom stereocenters. The Morgan fingerprint density at radius 3 is 2.58 bits per heavy atom. The number of hydrogen-bond acceptors (Lipinski definition) is 7. The predicted octanol–water partition coefficient (Wildman–Crippen LogP) is 2.21. The van der Waals surface area contributed by atoms with Gasteiger partial charge in [0.2, 0.25) is 11.7 Å². The first-order valence-electron chi connectivity index (χ1n) is 8.84. The Morgan fingerprint density at radius 1 is 1.19 bits per heavy atom. The molecule has 2 fully saturated rings. The topological polar surface area (TPSA) is 71.7 Å². The minimum absolute atomic E-state index is 0.0233. The molecule has 0 N–H and O–H groups in total. The standard InChI is InChI=1S/C18H21ClN4O3/c1-12-10-15(18(24)25-12)23-8-6-22(7-9-23)11-16-20-17(21-26-16)13-2-4-14(19)5-3-13/h2-5,12,15H,6-11H2,1H3. The molecule has 2 aliphatic heterocycles. The lowest BCUT2D eigenvalue weighted by molar-refractivity contribution is -0.145. The zero-order chi connectivity index (χ0) is 18.1. The number of rotatable bonds is 4. The molecule has 138 valence electrons. The maximum absolute atomic E-state index is 11.9. The zero-order valence-electron chi connectivity index (χ0n) is 14.6. The van der Waals surface area contributed by atoms with E-state index in [4.69, 9.17) is 20.9 Å². The fourth-order valence-electron chi connectivity index (χ4n) is 3.49. The van der Waals surface area contributed by atoms with Gasteiger partial charge in [-0.2, -0.15) is 4.98 Å². The van der Waals surface area contributed by atoms with Crippen LogP contribution in [0.15, 0.2) is 28.8 Å². The number of cyclic esters (lactones) is 1. The van der Waals surface area contributed by atoms with Gasteiger partial charge in [-0.05, 0) is 31.2 Å². The maximum Gasteiger partial charge on any atom is 0.323 e. The van der Waals surface area contributed by atoms with Gasteiger partial charge in [0.15, 0.2) is 0 Å². The van der Waals surface area contributed by atoms with E-state index in [-0.39, 0.29) is 18.1 Å². The van der Waals surface area contributed by atoms with Gasteiger partial charge in [-0.1, -0.05) is 16.8 Å². The van der Waals surface area contributed by atoms with Crippen LogP contribution in [0.4, 0.5) is 0 Å². The maximum atomic E-state index is 11.9. The monoisotopic (exact) mass is 376 g/mol. The van der Waals surface area contributed by atoms with Crippen molar-refractivity contribution < 1.29 is 14.1 Å². The molecule has 2 aromatic rings. The first-order chi connectivity index (χ1) is 12.6. The zero-order valence-corrected chi connectivity index (χ0v) is 15.4. The first-order valence-corrected chi connectivity index (χ1v) is 9.22. The van der Waals surface area contributed by atoms with E-state index in [1.54, 1.807) is 12.1 Å². The Labute approximate surface area is 156 Å². The van der Waals surface area contributed by atoms with Crippen molar-refractivity contribution in [3.05, 3.63) is 35.2 Å². The minimum atomic E-state index is -0.0907. The summed E-state index contributed by atoms with van der Waals surface area (Å²) in [5, 5.41) is 4.73. The average Bonchev–Trinajstić information content (AvgIpc) is 3.22. The third-order valence-corrected chi connectivity index (χ3v) is 5.17. The van der Waals surface area contributed by atoms with Gasteiger partial charge in [0.25, 0.3) is 0 Å². The van der Waals surface area contributed by atoms with E-state index in [1.807, 2.05) is 19.1 Å². The van der Waals surface area contributed by atoms with Crippen LogP contribution >= 0.6 is 11.6 Å². The van der Waals surface area contributed by atoms with Crippen LogP contribution in [0.25, 0.3) is 11.4 Å². The van der Waals surface area contributed by atoms with Gasteiger partial charge < -0.3 is 9.26 Å². The van der Waals surface area contributed by atoms with E-state index in [0.717, 1.165) is 38.2 Å². The van der Waals surface area contributed by atoms with Crippen molar-refractivity contribution in [1.82, 2.24) is 19.9 Å². The lowest BCUT2D eigenvalue weighted by Gasteiger charge is -2.35. The van der Waals surface area contributed by atoms with Crippen molar-refractivity contribution in [2.45, 2.75) is 32.0 Å². The van der Waals surface area contributed by atoms with Gasteiger partial charge in [0, 0.05) is 43.2 Å². The molecule has 4 rings (SSSR count). The molecule has 0 bridgehead atoms. The number of ether oxygens (including phenoxy) is 1. The number of esters is 1. The van der Waals surface area contributed by atoms with Crippen LogP contribution in [-0.4, -0.2) is 64.2 Å². The molecular weight excluding hydrogens is 356 g/mol. The third-order valence-electron chi connectivity index (χ3n) is 4.92. The van der Waals surface area contributed by atoms with Gasteiger partial charge >= 0.3 is 5.97 Å². The fourth-order valence-corrected chi connectivity index (χ4v) is 3.62. The summed E-state index contributed by atoms with van der Waals surface area (Å²) in [5.74, 6) is 1.07. The Balaban J connectivity index is 1.32. The van der Waals surface area contributed by atoms with E-state index >= 15 is 0 Å². The summed E-state index contributed by atoms with van der Waals surface area (Å²) in [6, 6.07) is 7.27. The largest absolute Gasteiger partial charge is 0.461 e. The molecule has 0 radical (unpaired) electrons. The van der Waals surface area contributed by atoms with Crippen molar-refractivity contribution in [2.75, 3.05) is 26.2 Å². The first kappa shape index (κ1) is 17.5. The number of aromatic nitrogens is 2. The highest BCUT2D eigenvalue weighted by Crippen LogP contribution is 2.22. The number of halogens is 1. The highest BCUT2D eigenvalue weighted by atomic mass is 35.5. The Bertz CT molecular complexity index is 771. The second-order valence-corrected chi connectivity index (χ2v) is 7.27. The fraction of sp³-hybridized carbons (Fsp3) is 0.500. The van der Waals surface area contributed by atoms with Crippen LogP contribution in [0.3, 0.4) is 0 Å². The summed E-state index contributed by atoms with van der Waals surface area (Å²) in [6.45, 7) is 5.95. The van der Waals surface area contributed by atoms with Crippen LogP contribution in [0.5, 0.6) is 0 Å². The van der Waals surface area contributed by atoms with E-state index in [0.29, 0.717) is 23.3 Å². The highest BCUT2D eigenvalue weighted by Gasteiger charge is 2.37. The van der Waals surface area contributed by atoms with Crippen LogP contribution in [0.2, 0.25) is 5.02 Å². The summed E-state index contributed by atoms with van der Waals surface area (Å²) in [6.07, 6.45) is 0.808. The number of nitrogens with zero attached hydrogens (tertiary/aromatic N) is 4. The number of piperazine rings is 1. The van der Waals surface area contributed by atoms with E-state index in [2.05, 4.69) is 19.9 Å². The Morgan fingerprint density at radius 2 is 1.92 bits per heavy atom. The number of hydrogen-bond donors (Lipinski definition) is 0. The molecule has 0 saturated carbocycles. The lowest BCUT2D eigenvalue weighted by Crippen LogP contribution is -2.51. The molecule has 2 atom stereocenters. The second kappa shape index (κ2) is 7.34. The summed E-state index contributed by atoms with van der Waals surface area (Å²) in [4.78, 5) is 20.8. The van der Waals surface area contributed by atoms with E-state index in [1.165, 1.54) is 0 Å². The van der Waals surface area contributed by atoms with E-state index < -0.39 is 0 Å². The molecule has 26 heavy (non-hydrogen) atoms. The molecular formula is C18H21ClN4O3. The molecule has 8 heteroatoms. The number of carbonyl (C=O) groups excluding carboxylic acids is 1. The van der Waals surface area contributed by atoms with Gasteiger partial charge in [0.05, 0.1) is 6.54 Å². The van der Waals surface area contributed by atoms with Gasteiger partial charge in [-0.15, -0.1) is 0 Å². The molecule has 1 aromatic carbocycles. The van der Waals surface area contributed by atoms with Gasteiger partial charge in [-0.25, -0.2) is 0 Å². The quantitative estimate of drug-likeness (QED) is 0.757. The summed E-state index contributed by atoms with van der Waals surface area (Å²) in [7, 11) is 0. The van der Waals surface area contributed by atoms with Gasteiger partial charge in [0.1, 0.15) is 12.1 Å². The Hall–Kier alpha value is -1.96. The molecule has 0 amide bonds. The minimum Gasteiger partial charge on any atom is -0.461 e. The molecule has 0 spiro atoms. The van der Waals surface area contributed by atoms with Crippen LogP contribution in [0, 0.1) is 0 Å². The van der Waals surface area contributed by atoms with Crippen molar-refractivity contribution in [3.8, 4) is 11.4 Å². The predicted molar refractivity (Wildman–Crippen MR) is 95.6 cm³/mol. The molecule has 3 heterocycles. The van der Waals surface area contributed by atoms with Crippen molar-refractivity contribution in [3.63, 3.8) is 0 Å². The molecule has 7 nitrogen and oxygen atoms in total. The average molecular weight is 377 g/mol. The molecule has 2 aliphatic rings. The summed E-state index contributed by atoms with van der Waals surface area (Å²) in [5.41, 5.74) is 0.878. The summed E-state index contributed by atoms with van der Waals surface area (Å²) < 4.78 is 10.7. The van der Waals surface area contributed by atoms with Crippen LogP contribution in [0.1, 0.15) is 19.2 Å². The van der Waals surface area contributed by atoms with Crippen molar-refractivity contribution in [1.29, 1.82) is 0 Å². The summed E-state index contributed by atoms with van der Waals surface area (Å²) >= 11 is 5.91. The van der Waals surface area contributed by atoms with Crippen molar-refractivity contribution >= 4 is 17.6 Å². The molecule has 0 aliphatic carbocycles. The van der Waals surface area contributed by atoms with Crippen molar-refractivity contribution in [2.24, 2.45) is 0 Å². The number of carbonyl (C=O) groups is 1. The number of benzene rings is 1. The molecule has 2 saturated heterocycles. The smallest absolute Gasteiger partial charge is 0.323 e. The van der Waals surface area contributed by atoms with Gasteiger partial charge in [-0.3, -0.25) is 14.6 Å². The molecule has 1 aromatic heterocycles. The highest BCUT2D eigenvalue weighted by molar-refractivity contribution is 6.30. The third kappa shape index (κ3) is 3.75. The van der Waals surface area contributed by atoms with Crippen LogP contribution in [-0.2, 0) is 16.1 Å². The normalized spacial score (nSPS) is 24.8.